The third-order valence-electron chi connectivity index (χ3n) is 6.30. The topological polar surface area (TPSA) is 58.4 Å². The zero-order chi connectivity index (χ0) is 23.8. The summed E-state index contributed by atoms with van der Waals surface area (Å²) in [4.78, 5) is 2.42. The molecular formula is C25H33FN4O2S. The molecule has 1 atom stereocenters. The lowest BCUT2D eigenvalue weighted by Crippen LogP contribution is -2.51. The minimum Gasteiger partial charge on any atom is -0.293 e. The second-order valence-corrected chi connectivity index (χ2v) is 11.5. The van der Waals surface area contributed by atoms with Crippen LogP contribution in [0.3, 0.4) is 0 Å². The molecule has 0 amide bonds. The summed E-state index contributed by atoms with van der Waals surface area (Å²) in [6.45, 7) is 11.0. The first-order valence-corrected chi connectivity index (χ1v) is 13.3. The molecule has 1 fully saturated rings. The Bertz CT molecular complexity index is 1220. The summed E-state index contributed by atoms with van der Waals surface area (Å²) in [5.74, 6) is 0.391. The molecule has 33 heavy (non-hydrogen) atoms. The van der Waals surface area contributed by atoms with E-state index in [0.29, 0.717) is 25.4 Å². The van der Waals surface area contributed by atoms with Crippen LogP contribution in [0.15, 0.2) is 42.6 Å². The average molecular weight is 473 g/mol. The highest BCUT2D eigenvalue weighted by Crippen LogP contribution is 2.33. The minimum absolute atomic E-state index is 0.00801. The van der Waals surface area contributed by atoms with Crippen molar-refractivity contribution in [3.8, 4) is 5.69 Å². The normalized spacial score (nSPS) is 18.4. The molecule has 178 valence electrons. The largest absolute Gasteiger partial charge is 0.293 e. The van der Waals surface area contributed by atoms with Gasteiger partial charge in [-0.25, -0.2) is 17.5 Å². The molecule has 0 bridgehead atoms. The van der Waals surface area contributed by atoms with Gasteiger partial charge in [0.1, 0.15) is 5.82 Å². The number of halogens is 1. The highest BCUT2D eigenvalue weighted by atomic mass is 32.2. The van der Waals surface area contributed by atoms with Crippen molar-refractivity contribution < 1.29 is 12.8 Å². The van der Waals surface area contributed by atoms with E-state index in [1.54, 1.807) is 16.4 Å². The zero-order valence-corrected chi connectivity index (χ0v) is 20.6. The highest BCUT2D eigenvalue weighted by molar-refractivity contribution is 7.89. The SMILES string of the molecule is CCCS(=O)(=O)N1CCN(CC(C)C)[C@H](c2cc3cnn(-c4ccc(F)cc4)c3cc2C)C1. The van der Waals surface area contributed by atoms with Gasteiger partial charge in [-0.3, -0.25) is 4.90 Å². The highest BCUT2D eigenvalue weighted by Gasteiger charge is 2.34. The summed E-state index contributed by atoms with van der Waals surface area (Å²) < 4.78 is 42.5. The van der Waals surface area contributed by atoms with Gasteiger partial charge in [0.05, 0.1) is 23.2 Å². The van der Waals surface area contributed by atoms with E-state index >= 15 is 0 Å². The van der Waals surface area contributed by atoms with Gasteiger partial charge in [0.25, 0.3) is 0 Å². The Kier molecular flexibility index (Phi) is 6.88. The number of benzene rings is 2. The van der Waals surface area contributed by atoms with Crippen molar-refractivity contribution in [3.05, 3.63) is 59.5 Å². The van der Waals surface area contributed by atoms with E-state index in [1.807, 2.05) is 17.8 Å². The number of nitrogens with zero attached hydrogens (tertiary/aromatic N) is 4. The van der Waals surface area contributed by atoms with Crippen molar-refractivity contribution in [2.75, 3.05) is 31.9 Å². The predicted octanol–water partition coefficient (Wildman–Crippen LogP) is 4.53. The molecule has 1 aliphatic rings. The summed E-state index contributed by atoms with van der Waals surface area (Å²) in [6.07, 6.45) is 2.44. The van der Waals surface area contributed by atoms with Gasteiger partial charge >= 0.3 is 0 Å². The molecule has 1 saturated heterocycles. The second kappa shape index (κ2) is 9.52. The summed E-state index contributed by atoms with van der Waals surface area (Å²) in [5, 5.41) is 5.53. The van der Waals surface area contributed by atoms with Crippen molar-refractivity contribution in [2.45, 2.75) is 40.2 Å². The Morgan fingerprint density at radius 3 is 2.55 bits per heavy atom. The molecule has 8 heteroatoms. The molecule has 0 unspecified atom stereocenters. The van der Waals surface area contributed by atoms with Gasteiger partial charge in [0, 0.05) is 37.6 Å². The van der Waals surface area contributed by atoms with E-state index in [-0.39, 0.29) is 17.6 Å². The van der Waals surface area contributed by atoms with Gasteiger partial charge in [0.2, 0.25) is 10.0 Å². The molecule has 1 aromatic heterocycles. The van der Waals surface area contributed by atoms with Crippen molar-refractivity contribution in [1.82, 2.24) is 19.0 Å². The number of rotatable bonds is 7. The third kappa shape index (κ3) is 4.98. The van der Waals surface area contributed by atoms with E-state index < -0.39 is 10.0 Å². The minimum atomic E-state index is -3.26. The lowest BCUT2D eigenvalue weighted by Gasteiger charge is -2.42. The first kappa shape index (κ1) is 23.9. The van der Waals surface area contributed by atoms with Gasteiger partial charge in [-0.1, -0.05) is 20.8 Å². The number of hydrogen-bond donors (Lipinski definition) is 0. The Hall–Kier alpha value is -2.29. The number of piperazine rings is 1. The molecule has 3 aromatic rings. The molecule has 0 saturated carbocycles. The van der Waals surface area contributed by atoms with Crippen LogP contribution < -0.4 is 0 Å². The van der Waals surface area contributed by atoms with Crippen molar-refractivity contribution in [3.63, 3.8) is 0 Å². The molecule has 0 radical (unpaired) electrons. The van der Waals surface area contributed by atoms with E-state index in [4.69, 9.17) is 0 Å². The number of hydrogen-bond acceptors (Lipinski definition) is 4. The molecule has 2 aromatic carbocycles. The van der Waals surface area contributed by atoms with Gasteiger partial charge in [-0.15, -0.1) is 0 Å². The summed E-state index contributed by atoms with van der Waals surface area (Å²) in [5.41, 5.74) is 3.98. The van der Waals surface area contributed by atoms with Crippen LogP contribution in [0.25, 0.3) is 16.6 Å². The molecule has 0 spiro atoms. The first-order valence-electron chi connectivity index (χ1n) is 11.7. The zero-order valence-electron chi connectivity index (χ0n) is 19.8. The summed E-state index contributed by atoms with van der Waals surface area (Å²) in [6, 6.07) is 10.5. The van der Waals surface area contributed by atoms with E-state index in [9.17, 15) is 12.8 Å². The van der Waals surface area contributed by atoms with E-state index in [2.05, 4.69) is 42.9 Å². The Labute approximate surface area is 196 Å². The standard InChI is InChI=1S/C25H33FN4O2S/c1-5-12-33(31,32)29-11-10-28(16-18(2)3)25(17-29)23-14-20-15-27-30(24(20)13-19(23)4)22-8-6-21(26)7-9-22/h6-9,13-15,18,25H,5,10-12,16-17H2,1-4H3/t25-/m0/s1. The van der Waals surface area contributed by atoms with Crippen molar-refractivity contribution in [1.29, 1.82) is 0 Å². The Balaban J connectivity index is 1.73. The maximum atomic E-state index is 13.4. The maximum absolute atomic E-state index is 13.4. The fourth-order valence-corrected chi connectivity index (χ4v) is 6.26. The molecule has 6 nitrogen and oxygen atoms in total. The number of aromatic nitrogens is 2. The van der Waals surface area contributed by atoms with Crippen LogP contribution in [0, 0.1) is 18.7 Å². The number of fused-ring (bicyclic) bond motifs is 1. The Morgan fingerprint density at radius 1 is 1.15 bits per heavy atom. The van der Waals surface area contributed by atoms with Crippen LogP contribution in [0.2, 0.25) is 0 Å². The molecule has 1 aliphatic heterocycles. The molecule has 0 N–H and O–H groups in total. The smallest absolute Gasteiger partial charge is 0.214 e. The quantitative estimate of drug-likeness (QED) is 0.507. The summed E-state index contributed by atoms with van der Waals surface area (Å²) >= 11 is 0. The second-order valence-electron chi connectivity index (χ2n) is 9.38. The van der Waals surface area contributed by atoms with Gasteiger partial charge < -0.3 is 0 Å². The molecule has 0 aliphatic carbocycles. The van der Waals surface area contributed by atoms with Crippen LogP contribution in [0.5, 0.6) is 0 Å². The number of sulfonamides is 1. The summed E-state index contributed by atoms with van der Waals surface area (Å²) in [7, 11) is -3.26. The van der Waals surface area contributed by atoms with E-state index in [0.717, 1.165) is 40.8 Å². The monoisotopic (exact) mass is 472 g/mol. The first-order chi connectivity index (χ1) is 15.7. The number of aryl methyl sites for hydroxylation is 1. The van der Waals surface area contributed by atoms with Gasteiger partial charge in [-0.05, 0) is 66.8 Å². The van der Waals surface area contributed by atoms with Crippen LogP contribution in [-0.4, -0.2) is 59.3 Å². The van der Waals surface area contributed by atoms with Crippen LogP contribution >= 0.6 is 0 Å². The Morgan fingerprint density at radius 2 is 1.88 bits per heavy atom. The van der Waals surface area contributed by atoms with Gasteiger partial charge in [-0.2, -0.15) is 9.40 Å². The van der Waals surface area contributed by atoms with Crippen LogP contribution in [0.4, 0.5) is 4.39 Å². The van der Waals surface area contributed by atoms with E-state index in [1.165, 1.54) is 12.1 Å². The molecule has 2 heterocycles. The fraction of sp³-hybridized carbons (Fsp3) is 0.480. The van der Waals surface area contributed by atoms with Crippen LogP contribution in [-0.2, 0) is 10.0 Å². The van der Waals surface area contributed by atoms with Crippen LogP contribution in [0.1, 0.15) is 44.4 Å². The lowest BCUT2D eigenvalue weighted by molar-refractivity contribution is 0.105. The van der Waals surface area contributed by atoms with Crippen molar-refractivity contribution in [2.24, 2.45) is 5.92 Å². The molecule has 4 rings (SSSR count). The fourth-order valence-electron chi connectivity index (χ4n) is 4.76. The van der Waals surface area contributed by atoms with Crippen molar-refractivity contribution >= 4 is 20.9 Å². The lowest BCUT2D eigenvalue weighted by atomic mass is 9.96. The van der Waals surface area contributed by atoms with Gasteiger partial charge in [0.15, 0.2) is 0 Å². The molecular weight excluding hydrogens is 439 g/mol. The maximum Gasteiger partial charge on any atom is 0.214 e. The average Bonchev–Trinajstić information content (AvgIpc) is 3.16. The third-order valence-corrected chi connectivity index (χ3v) is 8.34. The predicted molar refractivity (Wildman–Crippen MR) is 131 cm³/mol.